The van der Waals surface area contributed by atoms with Gasteiger partial charge in [-0.2, -0.15) is 0 Å². The molecule has 3 rings (SSSR count). The van der Waals surface area contributed by atoms with E-state index in [4.69, 9.17) is 0 Å². The Kier molecular flexibility index (Phi) is 6.12. The fourth-order valence-corrected chi connectivity index (χ4v) is 3.37. The number of benzene rings is 2. The van der Waals surface area contributed by atoms with Gasteiger partial charge in [0.15, 0.2) is 0 Å². The maximum Gasteiger partial charge on any atom is 0.321 e. The van der Waals surface area contributed by atoms with Crippen molar-refractivity contribution in [2.75, 3.05) is 31.5 Å². The number of carbonyl (C=O) groups excluding carboxylic acids is 2. The monoisotopic (exact) mass is 365 g/mol. The van der Waals surface area contributed by atoms with Gasteiger partial charge >= 0.3 is 6.03 Å². The van der Waals surface area contributed by atoms with E-state index in [0.717, 1.165) is 35.2 Å². The molecular formula is C22H27N3O2. The molecule has 1 heterocycles. The number of amides is 3. The summed E-state index contributed by atoms with van der Waals surface area (Å²) < 4.78 is 0. The molecule has 2 aromatic rings. The number of nitrogens with zero attached hydrogens (tertiary/aromatic N) is 2. The first-order chi connectivity index (χ1) is 13.1. The first-order valence-corrected chi connectivity index (χ1v) is 9.58. The normalized spacial score (nSPS) is 14.6. The Hall–Kier alpha value is -2.82. The maximum absolute atomic E-state index is 12.9. The predicted molar refractivity (Wildman–Crippen MR) is 108 cm³/mol. The van der Waals surface area contributed by atoms with Crippen molar-refractivity contribution in [3.05, 3.63) is 65.2 Å². The van der Waals surface area contributed by atoms with Gasteiger partial charge in [-0.15, -0.1) is 0 Å². The standard InChI is InChI=1S/C22H27N3O2/c1-3-18-7-4-5-8-20(18)21(26)24-13-6-14-25(16-15-24)22(27)23-19-11-9-17(2)10-12-19/h4-5,7-12H,3,6,13-16H2,1-2H3,(H,23,27). The lowest BCUT2D eigenvalue weighted by atomic mass is 10.0. The van der Waals surface area contributed by atoms with Crippen LogP contribution in [0.3, 0.4) is 0 Å². The third-order valence-corrected chi connectivity index (χ3v) is 5.00. The van der Waals surface area contributed by atoms with E-state index in [0.29, 0.717) is 26.2 Å². The number of anilines is 1. The molecule has 0 radical (unpaired) electrons. The van der Waals surface area contributed by atoms with Crippen molar-refractivity contribution in [2.24, 2.45) is 0 Å². The lowest BCUT2D eigenvalue weighted by Crippen LogP contribution is -2.39. The predicted octanol–water partition coefficient (Wildman–Crippen LogP) is 3.94. The number of hydrogen-bond donors (Lipinski definition) is 1. The van der Waals surface area contributed by atoms with E-state index in [9.17, 15) is 9.59 Å². The Balaban J connectivity index is 1.62. The van der Waals surface area contributed by atoms with E-state index in [1.54, 1.807) is 4.90 Å². The quantitative estimate of drug-likeness (QED) is 0.896. The van der Waals surface area contributed by atoms with Crippen LogP contribution in [0.1, 0.15) is 34.8 Å². The number of hydrogen-bond acceptors (Lipinski definition) is 2. The van der Waals surface area contributed by atoms with Gasteiger partial charge in [0.05, 0.1) is 0 Å². The topological polar surface area (TPSA) is 52.7 Å². The van der Waals surface area contributed by atoms with Gasteiger partial charge < -0.3 is 15.1 Å². The van der Waals surface area contributed by atoms with Gasteiger partial charge in [0.25, 0.3) is 5.91 Å². The molecule has 0 aliphatic carbocycles. The summed E-state index contributed by atoms with van der Waals surface area (Å²) in [7, 11) is 0. The fourth-order valence-electron chi connectivity index (χ4n) is 3.37. The largest absolute Gasteiger partial charge is 0.337 e. The lowest BCUT2D eigenvalue weighted by Gasteiger charge is -2.23. The number of nitrogens with one attached hydrogen (secondary N) is 1. The average Bonchev–Trinajstić information content (AvgIpc) is 2.95. The molecule has 1 aliphatic rings. The highest BCUT2D eigenvalue weighted by Crippen LogP contribution is 2.15. The van der Waals surface area contributed by atoms with Gasteiger partial charge in [-0.1, -0.05) is 42.8 Å². The molecule has 0 aromatic heterocycles. The molecule has 1 aliphatic heterocycles. The van der Waals surface area contributed by atoms with Crippen molar-refractivity contribution >= 4 is 17.6 Å². The summed E-state index contributed by atoms with van der Waals surface area (Å²) in [6.45, 7) is 6.49. The highest BCUT2D eigenvalue weighted by atomic mass is 16.2. The first kappa shape index (κ1) is 19.0. The summed E-state index contributed by atoms with van der Waals surface area (Å²) >= 11 is 0. The molecule has 0 spiro atoms. The summed E-state index contributed by atoms with van der Waals surface area (Å²) in [4.78, 5) is 29.2. The van der Waals surface area contributed by atoms with Crippen LogP contribution in [0.2, 0.25) is 0 Å². The third-order valence-electron chi connectivity index (χ3n) is 5.00. The van der Waals surface area contributed by atoms with Crippen molar-refractivity contribution in [3.63, 3.8) is 0 Å². The Morgan fingerprint density at radius 1 is 0.926 bits per heavy atom. The molecule has 0 atom stereocenters. The molecule has 0 bridgehead atoms. The highest BCUT2D eigenvalue weighted by Gasteiger charge is 2.23. The van der Waals surface area contributed by atoms with Crippen molar-refractivity contribution in [2.45, 2.75) is 26.7 Å². The first-order valence-electron chi connectivity index (χ1n) is 9.58. The van der Waals surface area contributed by atoms with E-state index in [2.05, 4.69) is 12.2 Å². The average molecular weight is 365 g/mol. The summed E-state index contributed by atoms with van der Waals surface area (Å²) in [5, 5.41) is 2.94. The minimum Gasteiger partial charge on any atom is -0.337 e. The molecule has 3 amide bonds. The summed E-state index contributed by atoms with van der Waals surface area (Å²) in [5.74, 6) is 0.0632. The minimum absolute atomic E-state index is 0.0632. The van der Waals surface area contributed by atoms with E-state index in [1.165, 1.54) is 0 Å². The van der Waals surface area contributed by atoms with Gasteiger partial charge in [0.1, 0.15) is 0 Å². The molecule has 5 heteroatoms. The van der Waals surface area contributed by atoms with Gasteiger partial charge in [-0.25, -0.2) is 4.79 Å². The Morgan fingerprint density at radius 3 is 2.33 bits per heavy atom. The molecule has 1 fully saturated rings. The molecule has 0 saturated carbocycles. The summed E-state index contributed by atoms with van der Waals surface area (Å²) in [6, 6.07) is 15.4. The highest BCUT2D eigenvalue weighted by molar-refractivity contribution is 5.96. The van der Waals surface area contributed by atoms with Crippen molar-refractivity contribution in [3.8, 4) is 0 Å². The molecule has 27 heavy (non-hydrogen) atoms. The van der Waals surface area contributed by atoms with Crippen LogP contribution in [0, 0.1) is 6.92 Å². The molecule has 1 saturated heterocycles. The van der Waals surface area contributed by atoms with Gasteiger partial charge in [-0.3, -0.25) is 4.79 Å². The van der Waals surface area contributed by atoms with Crippen molar-refractivity contribution < 1.29 is 9.59 Å². The number of carbonyl (C=O) groups is 2. The summed E-state index contributed by atoms with van der Waals surface area (Å²) in [6.07, 6.45) is 1.61. The number of aryl methyl sites for hydroxylation is 2. The van der Waals surface area contributed by atoms with Crippen LogP contribution in [-0.2, 0) is 6.42 Å². The van der Waals surface area contributed by atoms with E-state index in [1.807, 2.05) is 60.4 Å². The van der Waals surface area contributed by atoms with Crippen molar-refractivity contribution in [1.29, 1.82) is 0 Å². The maximum atomic E-state index is 12.9. The van der Waals surface area contributed by atoms with Gasteiger partial charge in [0, 0.05) is 37.4 Å². The zero-order chi connectivity index (χ0) is 19.2. The van der Waals surface area contributed by atoms with Gasteiger partial charge in [0.2, 0.25) is 0 Å². The minimum atomic E-state index is -0.109. The lowest BCUT2D eigenvalue weighted by molar-refractivity contribution is 0.0761. The molecule has 142 valence electrons. The zero-order valence-corrected chi connectivity index (χ0v) is 16.1. The second-order valence-corrected chi connectivity index (χ2v) is 6.94. The van der Waals surface area contributed by atoms with E-state index < -0.39 is 0 Å². The Bertz CT molecular complexity index is 801. The molecule has 0 unspecified atom stereocenters. The third kappa shape index (κ3) is 4.67. The molecular weight excluding hydrogens is 338 g/mol. The smallest absolute Gasteiger partial charge is 0.321 e. The molecule has 5 nitrogen and oxygen atoms in total. The van der Waals surface area contributed by atoms with Crippen molar-refractivity contribution in [1.82, 2.24) is 9.80 Å². The van der Waals surface area contributed by atoms with Crippen LogP contribution in [0.5, 0.6) is 0 Å². The van der Waals surface area contributed by atoms with Crippen LogP contribution < -0.4 is 5.32 Å². The summed E-state index contributed by atoms with van der Waals surface area (Å²) in [5.41, 5.74) is 3.79. The molecule has 2 aromatic carbocycles. The van der Waals surface area contributed by atoms with Crippen LogP contribution in [0.15, 0.2) is 48.5 Å². The number of urea groups is 1. The van der Waals surface area contributed by atoms with Crippen LogP contribution in [-0.4, -0.2) is 47.9 Å². The second-order valence-electron chi connectivity index (χ2n) is 6.94. The SMILES string of the molecule is CCc1ccccc1C(=O)N1CCCN(C(=O)Nc2ccc(C)cc2)CC1. The second kappa shape index (κ2) is 8.71. The Morgan fingerprint density at radius 2 is 1.59 bits per heavy atom. The zero-order valence-electron chi connectivity index (χ0n) is 16.1. The van der Waals surface area contributed by atoms with Crippen LogP contribution in [0.25, 0.3) is 0 Å². The molecule has 1 N–H and O–H groups in total. The Labute approximate surface area is 161 Å². The fraction of sp³-hybridized carbons (Fsp3) is 0.364. The van der Waals surface area contributed by atoms with Crippen LogP contribution in [0.4, 0.5) is 10.5 Å². The van der Waals surface area contributed by atoms with E-state index >= 15 is 0 Å². The van der Waals surface area contributed by atoms with E-state index in [-0.39, 0.29) is 11.9 Å². The van der Waals surface area contributed by atoms with Crippen LogP contribution >= 0.6 is 0 Å². The van der Waals surface area contributed by atoms with Gasteiger partial charge in [-0.05, 0) is 43.5 Å². The number of rotatable bonds is 3.